The lowest BCUT2D eigenvalue weighted by molar-refractivity contribution is 0.0930. The van der Waals surface area contributed by atoms with Gasteiger partial charge in [-0.3, -0.25) is 9.89 Å². The maximum absolute atomic E-state index is 12.9. The van der Waals surface area contributed by atoms with Crippen LogP contribution in [-0.2, 0) is 0 Å². The normalized spacial score (nSPS) is 15.7. The van der Waals surface area contributed by atoms with Crippen LogP contribution in [0.1, 0.15) is 23.3 Å². The summed E-state index contributed by atoms with van der Waals surface area (Å²) in [5.74, 6) is -0.568. The number of amides is 1. The van der Waals surface area contributed by atoms with Crippen molar-refractivity contribution >= 4 is 5.91 Å². The van der Waals surface area contributed by atoms with Crippen LogP contribution < -0.4 is 5.32 Å². The molecule has 1 saturated carbocycles. The molecule has 0 spiro atoms. The molecule has 5 nitrogen and oxygen atoms in total. The number of carbonyl (C=O) groups is 1. The molecule has 0 unspecified atom stereocenters. The van der Waals surface area contributed by atoms with E-state index in [1.807, 2.05) is 0 Å². The number of aromatic nitrogens is 2. The number of benzene rings is 1. The predicted molar refractivity (Wildman–Crippen MR) is 75.1 cm³/mol. The molecule has 1 aromatic heterocycles. The molecule has 1 aliphatic carbocycles. The molecule has 0 radical (unpaired) electrons. The number of H-pyrrole nitrogens is 1. The molecule has 21 heavy (non-hydrogen) atoms. The summed E-state index contributed by atoms with van der Waals surface area (Å²) in [5.41, 5.74) is 1.54. The number of aliphatic hydroxyl groups is 1. The van der Waals surface area contributed by atoms with Crippen molar-refractivity contribution in [1.82, 2.24) is 15.5 Å². The van der Waals surface area contributed by atoms with E-state index in [4.69, 9.17) is 0 Å². The first kappa shape index (κ1) is 13.8. The Morgan fingerprint density at radius 1 is 1.38 bits per heavy atom. The second-order valence-electron chi connectivity index (χ2n) is 5.51. The molecule has 0 saturated heterocycles. The van der Waals surface area contributed by atoms with Gasteiger partial charge < -0.3 is 10.4 Å². The zero-order valence-corrected chi connectivity index (χ0v) is 11.4. The van der Waals surface area contributed by atoms with E-state index in [1.54, 1.807) is 18.2 Å². The van der Waals surface area contributed by atoms with Crippen LogP contribution in [0.25, 0.3) is 11.3 Å². The van der Waals surface area contributed by atoms with Gasteiger partial charge in [0.25, 0.3) is 5.91 Å². The molecule has 1 aliphatic rings. The Balaban J connectivity index is 1.66. The Morgan fingerprint density at radius 2 is 2.10 bits per heavy atom. The zero-order valence-electron chi connectivity index (χ0n) is 11.4. The summed E-state index contributed by atoms with van der Waals surface area (Å²) in [6, 6.07) is 7.54. The van der Waals surface area contributed by atoms with E-state index < -0.39 is 0 Å². The summed E-state index contributed by atoms with van der Waals surface area (Å²) >= 11 is 0. The fourth-order valence-corrected chi connectivity index (χ4v) is 2.14. The average Bonchev–Trinajstić information content (AvgIpc) is 3.12. The highest BCUT2D eigenvalue weighted by atomic mass is 19.1. The van der Waals surface area contributed by atoms with Crippen molar-refractivity contribution < 1.29 is 14.3 Å². The Kier molecular flexibility index (Phi) is 3.47. The van der Waals surface area contributed by atoms with Gasteiger partial charge >= 0.3 is 0 Å². The third-order valence-corrected chi connectivity index (χ3v) is 3.88. The number of hydrogen-bond acceptors (Lipinski definition) is 3. The molecule has 3 rings (SSSR count). The second kappa shape index (κ2) is 5.29. The van der Waals surface area contributed by atoms with Gasteiger partial charge in [-0.1, -0.05) is 0 Å². The first-order chi connectivity index (χ1) is 10.1. The largest absolute Gasteiger partial charge is 0.396 e. The number of aliphatic hydroxyl groups excluding tert-OH is 1. The first-order valence-electron chi connectivity index (χ1n) is 6.82. The Hall–Kier alpha value is -2.21. The van der Waals surface area contributed by atoms with E-state index in [0.29, 0.717) is 17.9 Å². The topological polar surface area (TPSA) is 78.0 Å². The Morgan fingerprint density at radius 3 is 2.71 bits per heavy atom. The molecule has 1 aromatic carbocycles. The van der Waals surface area contributed by atoms with Gasteiger partial charge in [0.2, 0.25) is 0 Å². The number of aromatic amines is 1. The highest BCUT2D eigenvalue weighted by Crippen LogP contribution is 2.44. The second-order valence-corrected chi connectivity index (χ2v) is 5.51. The smallest absolute Gasteiger partial charge is 0.269 e. The summed E-state index contributed by atoms with van der Waals surface area (Å²) in [6.07, 6.45) is 1.88. The maximum Gasteiger partial charge on any atom is 0.269 e. The summed E-state index contributed by atoms with van der Waals surface area (Å²) in [7, 11) is 0. The van der Waals surface area contributed by atoms with Crippen molar-refractivity contribution in [3.63, 3.8) is 0 Å². The Labute approximate surface area is 121 Å². The van der Waals surface area contributed by atoms with Crippen LogP contribution in [0.15, 0.2) is 30.3 Å². The monoisotopic (exact) mass is 289 g/mol. The molecule has 6 heteroatoms. The summed E-state index contributed by atoms with van der Waals surface area (Å²) in [5, 5.41) is 18.7. The third kappa shape index (κ3) is 2.95. The highest BCUT2D eigenvalue weighted by molar-refractivity contribution is 5.93. The van der Waals surface area contributed by atoms with Gasteiger partial charge in [0.1, 0.15) is 11.5 Å². The van der Waals surface area contributed by atoms with Crippen LogP contribution in [0.5, 0.6) is 0 Å². The minimum Gasteiger partial charge on any atom is -0.396 e. The third-order valence-electron chi connectivity index (χ3n) is 3.88. The minimum atomic E-state index is -0.314. The van der Waals surface area contributed by atoms with Crippen LogP contribution in [0.2, 0.25) is 0 Å². The van der Waals surface area contributed by atoms with Crippen LogP contribution in [0.4, 0.5) is 4.39 Å². The van der Waals surface area contributed by atoms with Crippen LogP contribution in [0.3, 0.4) is 0 Å². The van der Waals surface area contributed by atoms with E-state index in [9.17, 15) is 14.3 Å². The number of halogens is 1. The number of hydrogen-bond donors (Lipinski definition) is 3. The van der Waals surface area contributed by atoms with Crippen molar-refractivity contribution in [3.8, 4) is 11.3 Å². The lowest BCUT2D eigenvalue weighted by atomic mass is 10.1. The van der Waals surface area contributed by atoms with Crippen LogP contribution in [-0.4, -0.2) is 34.4 Å². The van der Waals surface area contributed by atoms with Crippen molar-refractivity contribution in [2.45, 2.75) is 12.8 Å². The molecule has 1 heterocycles. The summed E-state index contributed by atoms with van der Waals surface area (Å²) < 4.78 is 12.9. The summed E-state index contributed by atoms with van der Waals surface area (Å²) in [6.45, 7) is 0.560. The minimum absolute atomic E-state index is 0.0943. The number of nitrogens with one attached hydrogen (secondary N) is 2. The standard InChI is InChI=1S/C15H16FN3O2/c16-11-3-1-10(2-4-11)12-7-13(19-18-12)14(21)17-8-15(9-20)5-6-15/h1-4,7,20H,5-6,8-9H2,(H,17,21)(H,18,19). The highest BCUT2D eigenvalue weighted by Gasteiger charge is 2.42. The van der Waals surface area contributed by atoms with E-state index in [0.717, 1.165) is 18.4 Å². The molecule has 1 fully saturated rings. The van der Waals surface area contributed by atoms with Crippen molar-refractivity contribution in [2.24, 2.45) is 5.41 Å². The van der Waals surface area contributed by atoms with Crippen molar-refractivity contribution in [1.29, 1.82) is 0 Å². The van der Waals surface area contributed by atoms with Crippen LogP contribution >= 0.6 is 0 Å². The SMILES string of the molecule is O=C(NCC1(CO)CC1)c1cc(-c2ccc(F)cc2)n[nH]1. The molecule has 0 aliphatic heterocycles. The van der Waals surface area contributed by atoms with Gasteiger partial charge in [-0.25, -0.2) is 4.39 Å². The fourth-order valence-electron chi connectivity index (χ4n) is 2.14. The van der Waals surface area contributed by atoms with Gasteiger partial charge in [-0.2, -0.15) is 5.10 Å². The van der Waals surface area contributed by atoms with Crippen LogP contribution in [0, 0.1) is 11.2 Å². The lowest BCUT2D eigenvalue weighted by Gasteiger charge is -2.11. The molecular formula is C15H16FN3O2. The zero-order chi connectivity index (χ0) is 14.9. The van der Waals surface area contributed by atoms with E-state index in [2.05, 4.69) is 15.5 Å². The number of carbonyl (C=O) groups excluding carboxylic acids is 1. The van der Waals surface area contributed by atoms with E-state index in [1.165, 1.54) is 12.1 Å². The molecule has 0 bridgehead atoms. The van der Waals surface area contributed by atoms with E-state index >= 15 is 0 Å². The molecule has 2 aromatic rings. The van der Waals surface area contributed by atoms with Gasteiger partial charge in [0.15, 0.2) is 0 Å². The van der Waals surface area contributed by atoms with Crippen molar-refractivity contribution in [3.05, 3.63) is 41.8 Å². The lowest BCUT2D eigenvalue weighted by Crippen LogP contribution is -2.32. The number of nitrogens with zero attached hydrogens (tertiary/aromatic N) is 1. The van der Waals surface area contributed by atoms with E-state index in [-0.39, 0.29) is 23.7 Å². The van der Waals surface area contributed by atoms with Gasteiger partial charge in [-0.15, -0.1) is 0 Å². The molecule has 3 N–H and O–H groups in total. The Bertz CT molecular complexity index is 647. The number of rotatable bonds is 5. The molecule has 0 atom stereocenters. The maximum atomic E-state index is 12.9. The quantitative estimate of drug-likeness (QED) is 0.784. The van der Waals surface area contributed by atoms with Gasteiger partial charge in [0.05, 0.1) is 12.3 Å². The predicted octanol–water partition coefficient (Wildman–Crippen LogP) is 1.72. The molecule has 110 valence electrons. The first-order valence-corrected chi connectivity index (χ1v) is 6.82. The fraction of sp³-hybridized carbons (Fsp3) is 0.333. The summed E-state index contributed by atoms with van der Waals surface area (Å²) in [4.78, 5) is 12.0. The van der Waals surface area contributed by atoms with Crippen molar-refractivity contribution in [2.75, 3.05) is 13.2 Å². The van der Waals surface area contributed by atoms with Gasteiger partial charge in [0, 0.05) is 17.5 Å². The molecule has 1 amide bonds. The molecular weight excluding hydrogens is 273 g/mol. The van der Waals surface area contributed by atoms with Gasteiger partial charge in [-0.05, 0) is 43.2 Å². The average molecular weight is 289 g/mol.